The molecule has 1 saturated heterocycles. The number of nitrogens with one attached hydrogen (secondary N) is 1. The van der Waals surface area contributed by atoms with Crippen LogP contribution < -0.4 is 11.1 Å². The third-order valence-electron chi connectivity index (χ3n) is 3.53. The van der Waals surface area contributed by atoms with Gasteiger partial charge >= 0.3 is 0 Å². The number of carbonyl (C=O) groups is 1. The number of nitrogens with two attached hydrogens (primary N) is 1. The highest BCUT2D eigenvalue weighted by molar-refractivity contribution is 7.80. The Hall–Kier alpha value is -1.46. The van der Waals surface area contributed by atoms with Crippen LogP contribution in [0.1, 0.15) is 18.4 Å². The minimum Gasteiger partial charge on any atom is -0.392 e. The maximum atomic E-state index is 12.5. The molecular weight excluding hydrogens is 260 g/mol. The topological polar surface area (TPSA) is 64.4 Å². The fourth-order valence-corrected chi connectivity index (χ4v) is 2.58. The standard InChI is InChI=1S/C14H18N2O2S/c1-10-3-2-4-11(9-10)16-13(17)14(12(15)19)5-7-18-8-6-14/h2-4,9H,5-8H2,1H3,(H2,15,19)(H,16,17). The molecule has 1 fully saturated rings. The van der Waals surface area contributed by atoms with Crippen molar-refractivity contribution in [3.63, 3.8) is 0 Å². The van der Waals surface area contributed by atoms with Crippen molar-refractivity contribution < 1.29 is 9.53 Å². The number of thiocarbonyl (C=S) groups is 1. The lowest BCUT2D eigenvalue weighted by molar-refractivity contribution is -0.126. The molecule has 4 nitrogen and oxygen atoms in total. The summed E-state index contributed by atoms with van der Waals surface area (Å²) in [6.45, 7) is 3.00. The van der Waals surface area contributed by atoms with Crippen molar-refractivity contribution in [2.75, 3.05) is 18.5 Å². The van der Waals surface area contributed by atoms with Crippen molar-refractivity contribution in [2.24, 2.45) is 11.1 Å². The first-order valence-corrected chi connectivity index (χ1v) is 6.71. The number of benzene rings is 1. The molecular formula is C14H18N2O2S. The molecule has 0 aliphatic carbocycles. The summed E-state index contributed by atoms with van der Waals surface area (Å²) in [5, 5.41) is 2.91. The van der Waals surface area contributed by atoms with Gasteiger partial charge in [-0.25, -0.2) is 0 Å². The zero-order valence-corrected chi connectivity index (χ0v) is 11.8. The van der Waals surface area contributed by atoms with E-state index in [-0.39, 0.29) is 10.9 Å². The van der Waals surface area contributed by atoms with Gasteiger partial charge in [0, 0.05) is 18.9 Å². The van der Waals surface area contributed by atoms with Crippen LogP contribution in [0.5, 0.6) is 0 Å². The average molecular weight is 278 g/mol. The Morgan fingerprint density at radius 3 is 2.68 bits per heavy atom. The zero-order valence-electron chi connectivity index (χ0n) is 10.9. The van der Waals surface area contributed by atoms with Gasteiger partial charge in [0.15, 0.2) is 0 Å². The summed E-state index contributed by atoms with van der Waals surface area (Å²) in [4.78, 5) is 12.8. The van der Waals surface area contributed by atoms with Gasteiger partial charge in [0.2, 0.25) is 5.91 Å². The van der Waals surface area contributed by atoms with Gasteiger partial charge in [-0.05, 0) is 37.5 Å². The number of amides is 1. The molecule has 0 saturated carbocycles. The Bertz CT molecular complexity index is 496. The summed E-state index contributed by atoms with van der Waals surface area (Å²) in [5.41, 5.74) is 6.88. The van der Waals surface area contributed by atoms with Crippen molar-refractivity contribution in [1.29, 1.82) is 0 Å². The maximum Gasteiger partial charge on any atom is 0.237 e. The van der Waals surface area contributed by atoms with Crippen molar-refractivity contribution in [3.05, 3.63) is 29.8 Å². The predicted molar refractivity (Wildman–Crippen MR) is 79.1 cm³/mol. The SMILES string of the molecule is Cc1cccc(NC(=O)C2(C(N)=S)CCOCC2)c1. The smallest absolute Gasteiger partial charge is 0.237 e. The van der Waals surface area contributed by atoms with Crippen molar-refractivity contribution >= 4 is 28.8 Å². The number of rotatable bonds is 3. The molecule has 1 aromatic carbocycles. The Morgan fingerprint density at radius 2 is 2.11 bits per heavy atom. The zero-order chi connectivity index (χ0) is 13.9. The fraction of sp³-hybridized carbons (Fsp3) is 0.429. The molecule has 0 radical (unpaired) electrons. The first-order chi connectivity index (χ1) is 9.04. The Labute approximate surface area is 118 Å². The molecule has 0 atom stereocenters. The quantitative estimate of drug-likeness (QED) is 0.830. The molecule has 1 heterocycles. The summed E-state index contributed by atoms with van der Waals surface area (Å²) in [6.07, 6.45) is 1.08. The molecule has 102 valence electrons. The number of aryl methyl sites for hydroxylation is 1. The molecule has 19 heavy (non-hydrogen) atoms. The normalized spacial score (nSPS) is 17.7. The summed E-state index contributed by atoms with van der Waals surface area (Å²) in [5.74, 6) is -0.131. The molecule has 0 bridgehead atoms. The van der Waals surface area contributed by atoms with E-state index in [1.807, 2.05) is 31.2 Å². The Balaban J connectivity index is 2.19. The van der Waals surface area contributed by atoms with E-state index in [2.05, 4.69) is 5.32 Å². The third-order valence-corrected chi connectivity index (χ3v) is 3.92. The van der Waals surface area contributed by atoms with E-state index >= 15 is 0 Å². The largest absolute Gasteiger partial charge is 0.392 e. The van der Waals surface area contributed by atoms with Crippen LogP contribution in [0.3, 0.4) is 0 Å². The molecule has 0 unspecified atom stereocenters. The molecule has 1 aliphatic heterocycles. The second-order valence-electron chi connectivity index (χ2n) is 4.88. The number of hydrogen-bond donors (Lipinski definition) is 2. The van der Waals surface area contributed by atoms with Crippen molar-refractivity contribution in [3.8, 4) is 0 Å². The van der Waals surface area contributed by atoms with Crippen LogP contribution in [0, 0.1) is 12.3 Å². The minimum atomic E-state index is -0.780. The van der Waals surface area contributed by atoms with E-state index in [0.29, 0.717) is 26.1 Å². The lowest BCUT2D eigenvalue weighted by Gasteiger charge is -2.34. The van der Waals surface area contributed by atoms with Crippen LogP contribution in [0.25, 0.3) is 0 Å². The Kier molecular flexibility index (Phi) is 4.17. The van der Waals surface area contributed by atoms with Gasteiger partial charge in [-0.15, -0.1) is 0 Å². The molecule has 3 N–H and O–H groups in total. The second kappa shape index (κ2) is 5.67. The molecule has 0 aromatic heterocycles. The first kappa shape index (κ1) is 14.0. The van der Waals surface area contributed by atoms with Crippen LogP contribution in [-0.4, -0.2) is 24.1 Å². The van der Waals surface area contributed by atoms with E-state index in [0.717, 1.165) is 11.3 Å². The van der Waals surface area contributed by atoms with Crippen LogP contribution in [0.4, 0.5) is 5.69 Å². The lowest BCUT2D eigenvalue weighted by Crippen LogP contribution is -2.49. The minimum absolute atomic E-state index is 0.131. The number of ether oxygens (including phenoxy) is 1. The summed E-state index contributed by atoms with van der Waals surface area (Å²) >= 11 is 5.11. The second-order valence-corrected chi connectivity index (χ2v) is 5.32. The summed E-state index contributed by atoms with van der Waals surface area (Å²) in [6, 6.07) is 7.66. The van der Waals surface area contributed by atoms with Crippen LogP contribution >= 0.6 is 12.2 Å². The molecule has 0 spiro atoms. The average Bonchev–Trinajstić information content (AvgIpc) is 2.39. The maximum absolute atomic E-state index is 12.5. The van der Waals surface area contributed by atoms with Crippen molar-refractivity contribution in [2.45, 2.75) is 19.8 Å². The number of hydrogen-bond acceptors (Lipinski definition) is 3. The highest BCUT2D eigenvalue weighted by atomic mass is 32.1. The van der Waals surface area contributed by atoms with Crippen molar-refractivity contribution in [1.82, 2.24) is 0 Å². The molecule has 1 aromatic rings. The van der Waals surface area contributed by atoms with Gasteiger partial charge in [-0.1, -0.05) is 24.4 Å². The van der Waals surface area contributed by atoms with E-state index in [1.165, 1.54) is 0 Å². The van der Waals surface area contributed by atoms with Crippen LogP contribution in [0.15, 0.2) is 24.3 Å². The number of carbonyl (C=O) groups excluding carboxylic acids is 1. The Morgan fingerprint density at radius 1 is 1.42 bits per heavy atom. The van der Waals surface area contributed by atoms with E-state index in [4.69, 9.17) is 22.7 Å². The summed E-state index contributed by atoms with van der Waals surface area (Å²) < 4.78 is 5.30. The number of anilines is 1. The van der Waals surface area contributed by atoms with E-state index in [1.54, 1.807) is 0 Å². The van der Waals surface area contributed by atoms with Gasteiger partial charge < -0.3 is 15.8 Å². The third kappa shape index (κ3) is 2.93. The van der Waals surface area contributed by atoms with Gasteiger partial charge in [-0.2, -0.15) is 0 Å². The lowest BCUT2D eigenvalue weighted by atomic mass is 9.79. The molecule has 2 rings (SSSR count). The van der Waals surface area contributed by atoms with E-state index < -0.39 is 5.41 Å². The van der Waals surface area contributed by atoms with Gasteiger partial charge in [-0.3, -0.25) is 4.79 Å². The summed E-state index contributed by atoms with van der Waals surface area (Å²) in [7, 11) is 0. The first-order valence-electron chi connectivity index (χ1n) is 6.30. The molecule has 1 amide bonds. The predicted octanol–water partition coefficient (Wildman–Crippen LogP) is 2.02. The van der Waals surface area contributed by atoms with Crippen LogP contribution in [0.2, 0.25) is 0 Å². The van der Waals surface area contributed by atoms with Gasteiger partial charge in [0.25, 0.3) is 0 Å². The fourth-order valence-electron chi connectivity index (χ4n) is 2.28. The van der Waals surface area contributed by atoms with Gasteiger partial charge in [0.1, 0.15) is 5.41 Å². The van der Waals surface area contributed by atoms with E-state index in [9.17, 15) is 4.79 Å². The van der Waals surface area contributed by atoms with Gasteiger partial charge in [0.05, 0.1) is 4.99 Å². The van der Waals surface area contributed by atoms with Crippen LogP contribution in [-0.2, 0) is 9.53 Å². The molecule has 1 aliphatic rings. The highest BCUT2D eigenvalue weighted by Gasteiger charge is 2.42. The highest BCUT2D eigenvalue weighted by Crippen LogP contribution is 2.32. The molecule has 5 heteroatoms. The monoisotopic (exact) mass is 278 g/mol.